The Morgan fingerprint density at radius 3 is 2.44 bits per heavy atom. The van der Waals surface area contributed by atoms with Crippen LogP contribution in [0.5, 0.6) is 0 Å². The molecule has 0 spiro atoms. The van der Waals surface area contributed by atoms with Crippen LogP contribution >= 0.6 is 22.9 Å². The van der Waals surface area contributed by atoms with Crippen molar-refractivity contribution < 1.29 is 22.9 Å². The Hall–Kier alpha value is -3.71. The molecule has 0 radical (unpaired) electrons. The molecule has 3 aromatic carbocycles. The number of carbonyl (C=O) groups is 2. The Bertz CT molecular complexity index is 1600. The maximum absolute atomic E-state index is 13.1. The van der Waals surface area contributed by atoms with Gasteiger partial charge in [-0.25, -0.2) is 18.5 Å². The first kappa shape index (κ1) is 23.4. The molecule has 1 aromatic heterocycles. The molecule has 0 atom stereocenters. The Kier molecular flexibility index (Phi) is 6.15. The number of nitrogens with two attached hydrogens (primary N) is 1. The number of halogens is 1. The van der Waals surface area contributed by atoms with Gasteiger partial charge in [0.2, 0.25) is 10.0 Å². The average molecular weight is 517 g/mol. The minimum atomic E-state index is -3.90. The number of sulfonamides is 1. The molecule has 0 aliphatic carbocycles. The van der Waals surface area contributed by atoms with Crippen LogP contribution in [0.1, 0.15) is 26.3 Å². The van der Waals surface area contributed by atoms with Crippen LogP contribution < -0.4 is 10.5 Å². The molecule has 0 fully saturated rings. The minimum Gasteiger partial charge on any atom is -0.298 e. The van der Waals surface area contributed by atoms with Crippen LogP contribution in [-0.2, 0) is 10.0 Å². The van der Waals surface area contributed by atoms with Crippen LogP contribution in [0.15, 0.2) is 65.6 Å². The van der Waals surface area contributed by atoms with E-state index in [9.17, 15) is 28.1 Å². The first-order valence-corrected chi connectivity index (χ1v) is 12.1. The lowest BCUT2D eigenvalue weighted by molar-refractivity contribution is -0.384. The second-order valence-electron chi connectivity index (χ2n) is 6.95. The van der Waals surface area contributed by atoms with Crippen molar-refractivity contribution in [2.45, 2.75) is 4.90 Å². The van der Waals surface area contributed by atoms with Crippen molar-refractivity contribution in [2.75, 3.05) is 5.32 Å². The van der Waals surface area contributed by atoms with Crippen molar-refractivity contribution in [3.05, 3.63) is 92.5 Å². The van der Waals surface area contributed by atoms with Gasteiger partial charge in [-0.1, -0.05) is 41.1 Å². The fourth-order valence-corrected chi connectivity index (χ4v) is 4.83. The molecule has 4 aromatic rings. The number of amides is 1. The minimum absolute atomic E-state index is 0.00754. The number of nitro benzene ring substituents is 1. The van der Waals surface area contributed by atoms with Gasteiger partial charge in [0.1, 0.15) is 5.02 Å². The van der Waals surface area contributed by atoms with Gasteiger partial charge in [0.15, 0.2) is 10.9 Å². The van der Waals surface area contributed by atoms with Crippen molar-refractivity contribution in [3.63, 3.8) is 0 Å². The van der Waals surface area contributed by atoms with Crippen LogP contribution in [-0.4, -0.2) is 30.0 Å². The SMILES string of the molecule is NS(=O)(=O)c1ccc2nc(NC(=O)c3ccccc3C(=O)c3ccc(Cl)c([N+](=O)[O-])c3)sc2c1. The highest BCUT2D eigenvalue weighted by Crippen LogP contribution is 2.29. The number of anilines is 1. The zero-order valence-corrected chi connectivity index (χ0v) is 19.3. The second-order valence-corrected chi connectivity index (χ2v) is 9.94. The first-order chi connectivity index (χ1) is 16.0. The average Bonchev–Trinajstić information content (AvgIpc) is 3.19. The number of ketones is 1. The third-order valence-corrected chi connectivity index (χ3v) is 6.89. The van der Waals surface area contributed by atoms with Crippen LogP contribution in [0, 0.1) is 10.1 Å². The molecule has 4 rings (SSSR count). The van der Waals surface area contributed by atoms with Gasteiger partial charge in [0.05, 0.1) is 25.6 Å². The van der Waals surface area contributed by atoms with E-state index in [-0.39, 0.29) is 31.7 Å². The number of primary sulfonamides is 1. The molecule has 34 heavy (non-hydrogen) atoms. The normalized spacial score (nSPS) is 11.4. The number of hydrogen-bond donors (Lipinski definition) is 2. The van der Waals surface area contributed by atoms with Crippen LogP contribution in [0.4, 0.5) is 10.8 Å². The first-order valence-electron chi connectivity index (χ1n) is 9.37. The van der Waals surface area contributed by atoms with E-state index in [2.05, 4.69) is 10.3 Å². The number of fused-ring (bicyclic) bond motifs is 1. The van der Waals surface area contributed by atoms with Gasteiger partial charge in [-0.3, -0.25) is 25.0 Å². The van der Waals surface area contributed by atoms with Gasteiger partial charge in [0, 0.05) is 17.2 Å². The summed E-state index contributed by atoms with van der Waals surface area (Å²) in [5.41, 5.74) is 0.0593. The number of carbonyl (C=O) groups excluding carboxylic acids is 2. The summed E-state index contributed by atoms with van der Waals surface area (Å²) in [5.74, 6) is -1.24. The van der Waals surface area contributed by atoms with E-state index in [1.165, 1.54) is 42.5 Å². The van der Waals surface area contributed by atoms with E-state index < -0.39 is 32.3 Å². The Balaban J connectivity index is 1.65. The quantitative estimate of drug-likeness (QED) is 0.222. The summed E-state index contributed by atoms with van der Waals surface area (Å²) >= 11 is 6.85. The van der Waals surface area contributed by atoms with Crippen LogP contribution in [0.2, 0.25) is 5.02 Å². The van der Waals surface area contributed by atoms with Crippen LogP contribution in [0.25, 0.3) is 10.2 Å². The summed E-state index contributed by atoms with van der Waals surface area (Å²) in [4.78, 5) is 40.6. The number of nitrogens with zero attached hydrogens (tertiary/aromatic N) is 2. The number of benzene rings is 3. The van der Waals surface area contributed by atoms with Gasteiger partial charge >= 0.3 is 0 Å². The number of hydrogen-bond acceptors (Lipinski definition) is 8. The molecule has 1 amide bonds. The molecular weight excluding hydrogens is 504 g/mol. The topological polar surface area (TPSA) is 162 Å². The van der Waals surface area contributed by atoms with Crippen molar-refractivity contribution >= 4 is 65.7 Å². The van der Waals surface area contributed by atoms with Crippen molar-refractivity contribution in [2.24, 2.45) is 5.14 Å². The number of rotatable bonds is 6. The fraction of sp³-hybridized carbons (Fsp3) is 0. The van der Waals surface area contributed by atoms with E-state index in [4.69, 9.17) is 16.7 Å². The van der Waals surface area contributed by atoms with Crippen molar-refractivity contribution in [1.82, 2.24) is 4.98 Å². The third-order valence-electron chi connectivity index (χ3n) is 4.73. The lowest BCUT2D eigenvalue weighted by Gasteiger charge is -2.08. The highest BCUT2D eigenvalue weighted by atomic mass is 35.5. The molecule has 0 saturated carbocycles. The summed E-state index contributed by atoms with van der Waals surface area (Å²) in [6.07, 6.45) is 0. The highest BCUT2D eigenvalue weighted by Gasteiger charge is 2.22. The molecule has 1 heterocycles. The van der Waals surface area contributed by atoms with Gasteiger partial charge in [0.25, 0.3) is 11.6 Å². The summed E-state index contributed by atoms with van der Waals surface area (Å²) in [6.45, 7) is 0. The van der Waals surface area contributed by atoms with Crippen molar-refractivity contribution in [3.8, 4) is 0 Å². The Morgan fingerprint density at radius 2 is 1.76 bits per heavy atom. The maximum Gasteiger partial charge on any atom is 0.288 e. The zero-order chi connectivity index (χ0) is 24.6. The van der Waals surface area contributed by atoms with E-state index in [1.807, 2.05) is 0 Å². The molecule has 10 nitrogen and oxygen atoms in total. The largest absolute Gasteiger partial charge is 0.298 e. The fourth-order valence-electron chi connectivity index (χ4n) is 3.13. The molecule has 13 heteroatoms. The van der Waals surface area contributed by atoms with E-state index in [0.717, 1.165) is 17.4 Å². The third kappa shape index (κ3) is 4.65. The van der Waals surface area contributed by atoms with E-state index in [1.54, 1.807) is 12.1 Å². The second kappa shape index (κ2) is 8.91. The lowest BCUT2D eigenvalue weighted by Crippen LogP contribution is -2.17. The molecule has 0 bridgehead atoms. The molecule has 0 unspecified atom stereocenters. The summed E-state index contributed by atoms with van der Waals surface area (Å²) in [7, 11) is -3.90. The summed E-state index contributed by atoms with van der Waals surface area (Å²) in [5, 5.41) is 19.0. The monoisotopic (exact) mass is 516 g/mol. The number of nitrogens with one attached hydrogen (secondary N) is 1. The number of thiazole rings is 1. The van der Waals surface area contributed by atoms with Gasteiger partial charge in [-0.05, 0) is 36.4 Å². The van der Waals surface area contributed by atoms with E-state index in [0.29, 0.717) is 10.2 Å². The standard InChI is InChI=1S/C21H13ClN4O6S2/c22-15-7-5-11(9-17(15)26(29)30)19(27)13-3-1-2-4-14(13)20(28)25-21-24-16-8-6-12(34(23,31)32)10-18(16)33-21/h1-10H,(H2,23,31,32)(H,24,25,28). The molecule has 172 valence electrons. The molecular formula is C21H13ClN4O6S2. The maximum atomic E-state index is 13.1. The van der Waals surface area contributed by atoms with Crippen molar-refractivity contribution in [1.29, 1.82) is 0 Å². The Labute approximate surface area is 201 Å². The number of nitro groups is 1. The van der Waals surface area contributed by atoms with Gasteiger partial charge in [-0.2, -0.15) is 0 Å². The van der Waals surface area contributed by atoms with Crippen LogP contribution in [0.3, 0.4) is 0 Å². The Morgan fingerprint density at radius 1 is 1.06 bits per heavy atom. The predicted octanol–water partition coefficient (Wildman–Crippen LogP) is 3.99. The zero-order valence-electron chi connectivity index (χ0n) is 16.9. The predicted molar refractivity (Wildman–Crippen MR) is 127 cm³/mol. The molecule has 3 N–H and O–H groups in total. The van der Waals surface area contributed by atoms with Gasteiger partial charge in [-0.15, -0.1) is 0 Å². The van der Waals surface area contributed by atoms with Gasteiger partial charge < -0.3 is 0 Å². The lowest BCUT2D eigenvalue weighted by atomic mass is 9.97. The molecule has 0 saturated heterocycles. The molecule has 0 aliphatic heterocycles. The molecule has 0 aliphatic rings. The highest BCUT2D eigenvalue weighted by molar-refractivity contribution is 7.89. The number of aromatic nitrogens is 1. The smallest absolute Gasteiger partial charge is 0.288 e. The summed E-state index contributed by atoms with van der Waals surface area (Å²) < 4.78 is 23.6. The summed E-state index contributed by atoms with van der Waals surface area (Å²) in [6, 6.07) is 13.7. The van der Waals surface area contributed by atoms with E-state index >= 15 is 0 Å².